The van der Waals surface area contributed by atoms with Crippen molar-refractivity contribution in [3.63, 3.8) is 0 Å². The number of carbonyl (C=O) groups is 1. The van der Waals surface area contributed by atoms with Crippen LogP contribution in [0.25, 0.3) is 0 Å². The molecular weight excluding hydrogens is 196 g/mol. The molecule has 13 heavy (non-hydrogen) atoms. The third-order valence-electron chi connectivity index (χ3n) is 1.26. The van der Waals surface area contributed by atoms with Crippen molar-refractivity contribution < 1.29 is 9.53 Å². The van der Waals surface area contributed by atoms with Crippen molar-refractivity contribution in [1.82, 2.24) is 0 Å². The summed E-state index contributed by atoms with van der Waals surface area (Å²) in [6.45, 7) is 6.85. The maximum absolute atomic E-state index is 10.7. The van der Waals surface area contributed by atoms with Gasteiger partial charge in [-0.3, -0.25) is 4.79 Å². The molecule has 0 N–H and O–H groups in total. The van der Waals surface area contributed by atoms with Gasteiger partial charge in [0.1, 0.15) is 0 Å². The molecule has 0 bridgehead atoms. The van der Waals surface area contributed by atoms with Gasteiger partial charge in [0, 0.05) is 12.1 Å². The summed E-state index contributed by atoms with van der Waals surface area (Å²) in [5.74, 6) is 2.96. The van der Waals surface area contributed by atoms with Gasteiger partial charge in [-0.25, -0.2) is 0 Å². The molecule has 0 heterocycles. The molecule has 0 saturated carbocycles. The number of hydrogen-bond donors (Lipinski definition) is 0. The molecule has 0 atom stereocenters. The van der Waals surface area contributed by atoms with Crippen molar-refractivity contribution in [2.75, 3.05) is 7.11 Å². The number of ether oxygens (including phenoxy) is 1. The summed E-state index contributed by atoms with van der Waals surface area (Å²) < 4.78 is 4.51. The Balaban J connectivity index is 3.58. The van der Waals surface area contributed by atoms with E-state index in [1.165, 1.54) is 7.11 Å². The molecule has 0 aliphatic carbocycles. The molecule has 0 unspecified atom stereocenters. The Morgan fingerprint density at radius 2 is 2.08 bits per heavy atom. The van der Waals surface area contributed by atoms with Gasteiger partial charge in [-0.15, -0.1) is 11.5 Å². The third kappa shape index (κ3) is 9.38. The molecule has 0 rings (SSSR count). The van der Waals surface area contributed by atoms with E-state index in [2.05, 4.69) is 35.8 Å². The van der Waals surface area contributed by atoms with Crippen LogP contribution in [-0.2, 0) is 9.53 Å². The Kier molecular flexibility index (Phi) is 5.75. The van der Waals surface area contributed by atoms with Crippen LogP contribution in [-0.4, -0.2) is 30.7 Å². The van der Waals surface area contributed by atoms with Crippen molar-refractivity contribution in [3.05, 3.63) is 0 Å². The Bertz CT molecular complexity index is 220. The summed E-state index contributed by atoms with van der Waals surface area (Å²) in [5.41, 5.74) is 3.02. The van der Waals surface area contributed by atoms with Gasteiger partial charge in [-0.2, -0.15) is 0 Å². The van der Waals surface area contributed by atoms with Crippen molar-refractivity contribution >= 4 is 23.6 Å². The minimum Gasteiger partial charge on any atom is -0.469 e. The molecule has 4 heteroatoms. The lowest BCUT2D eigenvalue weighted by molar-refractivity contribution is -0.137. The van der Waals surface area contributed by atoms with E-state index in [9.17, 15) is 4.79 Å². The van der Waals surface area contributed by atoms with Gasteiger partial charge in [0.25, 0.3) is 0 Å². The molecular formula is C9H16O2Si2. The molecule has 0 fully saturated rings. The standard InChI is InChI=1S/C9H16O2Si2/c1-11-9(10)8-12-6-5-7-13(2,3)4/h7-8H2,1-4H3. The first-order valence-electron chi connectivity index (χ1n) is 4.23. The summed E-state index contributed by atoms with van der Waals surface area (Å²) in [6.07, 6.45) is 0. The van der Waals surface area contributed by atoms with Crippen LogP contribution in [0.15, 0.2) is 0 Å². The predicted octanol–water partition coefficient (Wildman–Crippen LogP) is 1.58. The summed E-state index contributed by atoms with van der Waals surface area (Å²) in [7, 11) is 0.769. The monoisotopic (exact) mass is 212 g/mol. The lowest BCUT2D eigenvalue weighted by atomic mass is 10.8. The first-order chi connectivity index (χ1) is 5.95. The van der Waals surface area contributed by atoms with Crippen LogP contribution in [0.3, 0.4) is 0 Å². The van der Waals surface area contributed by atoms with Crippen molar-refractivity contribution in [2.24, 2.45) is 0 Å². The first-order valence-corrected chi connectivity index (χ1v) is 9.14. The second-order valence-corrected chi connectivity index (χ2v) is 10.4. The van der Waals surface area contributed by atoms with Crippen LogP contribution >= 0.6 is 0 Å². The van der Waals surface area contributed by atoms with Crippen molar-refractivity contribution in [2.45, 2.75) is 31.7 Å². The predicted molar refractivity (Wildman–Crippen MR) is 58.5 cm³/mol. The zero-order valence-corrected chi connectivity index (χ0v) is 10.7. The molecule has 0 spiro atoms. The smallest absolute Gasteiger partial charge is 0.303 e. The lowest BCUT2D eigenvalue weighted by Gasteiger charge is -2.09. The average molecular weight is 212 g/mol. The minimum absolute atomic E-state index is 0.166. The Labute approximate surface area is 83.9 Å². The average Bonchev–Trinajstić information content (AvgIpc) is 2.01. The van der Waals surface area contributed by atoms with E-state index in [0.717, 1.165) is 6.04 Å². The lowest BCUT2D eigenvalue weighted by Crippen LogP contribution is -2.17. The summed E-state index contributed by atoms with van der Waals surface area (Å²) in [5, 5.41) is 0. The third-order valence-corrected chi connectivity index (χ3v) is 3.31. The second-order valence-electron chi connectivity index (χ2n) is 3.97. The van der Waals surface area contributed by atoms with Crippen LogP contribution in [0, 0.1) is 11.5 Å². The van der Waals surface area contributed by atoms with Crippen molar-refractivity contribution in [3.8, 4) is 11.5 Å². The van der Waals surface area contributed by atoms with E-state index in [1.54, 1.807) is 0 Å². The van der Waals surface area contributed by atoms with Crippen LogP contribution in [0.2, 0.25) is 31.7 Å². The molecule has 0 saturated heterocycles. The van der Waals surface area contributed by atoms with Gasteiger partial charge < -0.3 is 4.74 Å². The summed E-state index contributed by atoms with van der Waals surface area (Å²) in [6, 6.07) is 1.45. The van der Waals surface area contributed by atoms with Crippen LogP contribution < -0.4 is 0 Å². The highest BCUT2D eigenvalue weighted by Crippen LogP contribution is 2.05. The number of carbonyl (C=O) groups excluding carboxylic acids is 1. The van der Waals surface area contributed by atoms with Gasteiger partial charge in [-0.1, -0.05) is 19.6 Å². The molecule has 0 amide bonds. The fourth-order valence-electron chi connectivity index (χ4n) is 0.560. The SMILES string of the molecule is COC(=O)C[Si]C#CC[Si](C)(C)C. The Morgan fingerprint density at radius 3 is 2.54 bits per heavy atom. The van der Waals surface area contributed by atoms with E-state index in [4.69, 9.17) is 0 Å². The number of hydrogen-bond acceptors (Lipinski definition) is 2. The first kappa shape index (κ1) is 12.5. The fourth-order valence-corrected chi connectivity index (χ4v) is 1.95. The molecule has 2 radical (unpaired) electrons. The highest BCUT2D eigenvalue weighted by atomic mass is 28.3. The fraction of sp³-hybridized carbons (Fsp3) is 0.667. The maximum Gasteiger partial charge on any atom is 0.303 e. The zero-order valence-electron chi connectivity index (χ0n) is 8.73. The normalized spacial score (nSPS) is 10.2. The highest BCUT2D eigenvalue weighted by molar-refractivity contribution is 6.76. The second kappa shape index (κ2) is 6.00. The molecule has 2 nitrogen and oxygen atoms in total. The Morgan fingerprint density at radius 1 is 1.46 bits per heavy atom. The number of rotatable bonds is 3. The Hall–Kier alpha value is -0.536. The molecule has 0 aromatic carbocycles. The van der Waals surface area contributed by atoms with E-state index >= 15 is 0 Å². The number of esters is 1. The zero-order chi connectivity index (χ0) is 10.3. The van der Waals surface area contributed by atoms with Crippen LogP contribution in [0.1, 0.15) is 0 Å². The topological polar surface area (TPSA) is 26.3 Å². The minimum atomic E-state index is -1.03. The van der Waals surface area contributed by atoms with E-state index in [1.807, 2.05) is 0 Å². The highest BCUT2D eigenvalue weighted by Gasteiger charge is 2.09. The van der Waals surface area contributed by atoms with Gasteiger partial charge in [0.2, 0.25) is 0 Å². The molecule has 0 aromatic rings. The van der Waals surface area contributed by atoms with Crippen molar-refractivity contribution in [1.29, 1.82) is 0 Å². The number of methoxy groups -OCH3 is 1. The van der Waals surface area contributed by atoms with Gasteiger partial charge in [0.15, 0.2) is 9.52 Å². The summed E-state index contributed by atoms with van der Waals surface area (Å²) in [4.78, 5) is 10.7. The molecule has 0 aromatic heterocycles. The molecule has 0 aliphatic rings. The van der Waals surface area contributed by atoms with Crippen LogP contribution in [0.4, 0.5) is 0 Å². The van der Waals surface area contributed by atoms with Gasteiger partial charge in [0.05, 0.1) is 15.2 Å². The van der Waals surface area contributed by atoms with Gasteiger partial charge >= 0.3 is 5.97 Å². The van der Waals surface area contributed by atoms with E-state index in [0.29, 0.717) is 15.6 Å². The molecule has 72 valence electrons. The van der Waals surface area contributed by atoms with E-state index in [-0.39, 0.29) is 5.97 Å². The quantitative estimate of drug-likeness (QED) is 0.403. The van der Waals surface area contributed by atoms with E-state index < -0.39 is 8.07 Å². The molecule has 0 aliphatic heterocycles. The largest absolute Gasteiger partial charge is 0.469 e. The van der Waals surface area contributed by atoms with Crippen LogP contribution in [0.5, 0.6) is 0 Å². The summed E-state index contributed by atoms with van der Waals surface area (Å²) >= 11 is 0. The van der Waals surface area contributed by atoms with Gasteiger partial charge in [-0.05, 0) is 0 Å². The maximum atomic E-state index is 10.7.